The Morgan fingerprint density at radius 3 is 2.88 bits per heavy atom. The van der Waals surface area contributed by atoms with Gasteiger partial charge in [0.1, 0.15) is 5.82 Å². The number of pyridine rings is 1. The van der Waals surface area contributed by atoms with Crippen LogP contribution in [0.15, 0.2) is 53.6 Å². The van der Waals surface area contributed by atoms with Gasteiger partial charge in [-0.1, -0.05) is 13.0 Å². The van der Waals surface area contributed by atoms with Gasteiger partial charge < -0.3 is 19.4 Å². The van der Waals surface area contributed by atoms with Crippen LogP contribution in [-0.4, -0.2) is 46.3 Å². The highest BCUT2D eigenvalue weighted by atomic mass is 16.7. The molecule has 1 aromatic carbocycles. The minimum atomic E-state index is -0.102. The average molecular weight is 433 g/mol. The van der Waals surface area contributed by atoms with Crippen LogP contribution in [0.3, 0.4) is 0 Å². The maximum atomic E-state index is 12.3. The number of piperidine rings is 1. The Kier molecular flexibility index (Phi) is 5.90. The topological polar surface area (TPSA) is 80.3 Å². The minimum Gasteiger partial charge on any atom is -0.454 e. The van der Waals surface area contributed by atoms with E-state index in [1.165, 1.54) is 5.56 Å². The maximum Gasteiger partial charge on any atom is 0.251 e. The van der Waals surface area contributed by atoms with Crippen LogP contribution in [0.2, 0.25) is 0 Å². The fourth-order valence-electron chi connectivity index (χ4n) is 4.77. The van der Waals surface area contributed by atoms with Crippen molar-refractivity contribution < 1.29 is 9.47 Å². The summed E-state index contributed by atoms with van der Waals surface area (Å²) in [4.78, 5) is 26.6. The number of fused-ring (bicyclic) bond motifs is 1. The van der Waals surface area contributed by atoms with Crippen molar-refractivity contribution in [1.29, 1.82) is 0 Å². The molecular weight excluding hydrogens is 404 g/mol. The first-order valence-corrected chi connectivity index (χ1v) is 11.3. The van der Waals surface area contributed by atoms with E-state index in [1.807, 2.05) is 18.2 Å². The van der Waals surface area contributed by atoms with Crippen molar-refractivity contribution in [2.24, 2.45) is 5.92 Å². The van der Waals surface area contributed by atoms with Crippen LogP contribution in [0.5, 0.6) is 11.5 Å². The van der Waals surface area contributed by atoms with Gasteiger partial charge in [-0.15, -0.1) is 0 Å². The lowest BCUT2D eigenvalue weighted by Gasteiger charge is -2.34. The van der Waals surface area contributed by atoms with Crippen molar-refractivity contribution in [2.75, 3.05) is 26.4 Å². The van der Waals surface area contributed by atoms with E-state index in [-0.39, 0.29) is 11.5 Å². The lowest BCUT2D eigenvalue weighted by atomic mass is 9.92. The van der Waals surface area contributed by atoms with Gasteiger partial charge in [0.25, 0.3) is 5.56 Å². The second-order valence-corrected chi connectivity index (χ2v) is 8.85. The number of ether oxygens (including phenoxy) is 2. The zero-order valence-corrected chi connectivity index (χ0v) is 18.3. The van der Waals surface area contributed by atoms with E-state index in [1.54, 1.807) is 18.5 Å². The Hall–Kier alpha value is -3.19. The standard InChI is InChI=1S/C25H28N4O3/c1-17(11-18-4-5-22-23(12-18)32-16-31-22)14-29-10-2-3-20(15-29)21-13-24(30)28-25(27-21)19-6-8-26-9-7-19/h4-9,12-13,17,20H,2-3,10-11,14-16H2,1H3,(H,27,28,30). The van der Waals surface area contributed by atoms with Crippen LogP contribution in [0.1, 0.15) is 36.9 Å². The zero-order valence-electron chi connectivity index (χ0n) is 18.3. The van der Waals surface area contributed by atoms with Gasteiger partial charge in [0.15, 0.2) is 11.5 Å². The highest BCUT2D eigenvalue weighted by Gasteiger charge is 2.24. The number of likely N-dealkylation sites (tertiary alicyclic amines) is 1. The van der Waals surface area contributed by atoms with Crippen molar-refractivity contribution >= 4 is 0 Å². The summed E-state index contributed by atoms with van der Waals surface area (Å²) in [5.74, 6) is 3.07. The zero-order chi connectivity index (χ0) is 21.9. The first kappa shape index (κ1) is 20.7. The Labute approximate surface area is 187 Å². The number of H-pyrrole nitrogens is 1. The van der Waals surface area contributed by atoms with E-state index in [4.69, 9.17) is 14.5 Å². The number of aromatic amines is 1. The van der Waals surface area contributed by atoms with Gasteiger partial charge in [0, 0.05) is 43.0 Å². The van der Waals surface area contributed by atoms with E-state index in [2.05, 4.69) is 33.9 Å². The van der Waals surface area contributed by atoms with Crippen molar-refractivity contribution in [3.63, 3.8) is 0 Å². The lowest BCUT2D eigenvalue weighted by molar-refractivity contribution is 0.174. The van der Waals surface area contributed by atoms with Crippen molar-refractivity contribution in [1.82, 2.24) is 19.9 Å². The van der Waals surface area contributed by atoms with Gasteiger partial charge >= 0.3 is 0 Å². The molecule has 1 saturated heterocycles. The monoisotopic (exact) mass is 432 g/mol. The molecule has 0 saturated carbocycles. The second-order valence-electron chi connectivity index (χ2n) is 8.85. The summed E-state index contributed by atoms with van der Waals surface area (Å²) >= 11 is 0. The van der Waals surface area contributed by atoms with Crippen LogP contribution in [0.25, 0.3) is 11.4 Å². The Bertz CT molecular complexity index is 1130. The van der Waals surface area contributed by atoms with Gasteiger partial charge in [-0.05, 0) is 61.6 Å². The van der Waals surface area contributed by atoms with Gasteiger partial charge in [0.2, 0.25) is 6.79 Å². The van der Waals surface area contributed by atoms with Crippen molar-refractivity contribution in [3.05, 3.63) is 70.4 Å². The predicted molar refractivity (Wildman–Crippen MR) is 122 cm³/mol. The predicted octanol–water partition coefficient (Wildman–Crippen LogP) is 3.62. The molecule has 0 radical (unpaired) electrons. The SMILES string of the molecule is CC(Cc1ccc2c(c1)OCO2)CN1CCCC(c2cc(=O)[nH]c(-c3ccncc3)n2)C1. The van der Waals surface area contributed by atoms with E-state index in [0.29, 0.717) is 18.5 Å². The molecular formula is C25H28N4O3. The molecule has 2 atom stereocenters. The summed E-state index contributed by atoms with van der Waals surface area (Å²) in [7, 11) is 0. The number of nitrogens with one attached hydrogen (secondary N) is 1. The molecule has 0 bridgehead atoms. The number of hydrogen-bond acceptors (Lipinski definition) is 6. The molecule has 3 aromatic rings. The number of rotatable bonds is 6. The fraction of sp³-hybridized carbons (Fsp3) is 0.400. The molecule has 2 aliphatic rings. The van der Waals surface area contributed by atoms with Gasteiger partial charge in [-0.3, -0.25) is 9.78 Å². The Morgan fingerprint density at radius 1 is 1.16 bits per heavy atom. The van der Waals surface area contributed by atoms with Crippen LogP contribution >= 0.6 is 0 Å². The summed E-state index contributed by atoms with van der Waals surface area (Å²) in [6, 6.07) is 11.6. The third kappa shape index (κ3) is 4.67. The molecule has 7 heteroatoms. The average Bonchev–Trinajstić information content (AvgIpc) is 3.27. The summed E-state index contributed by atoms with van der Waals surface area (Å²) in [5, 5.41) is 0. The molecule has 2 aromatic heterocycles. The smallest absolute Gasteiger partial charge is 0.251 e. The molecule has 4 heterocycles. The maximum absolute atomic E-state index is 12.3. The lowest BCUT2D eigenvalue weighted by Crippen LogP contribution is -2.38. The van der Waals surface area contributed by atoms with Crippen LogP contribution in [0, 0.1) is 5.92 Å². The number of benzene rings is 1. The molecule has 7 nitrogen and oxygen atoms in total. The molecule has 5 rings (SSSR count). The second kappa shape index (κ2) is 9.12. The molecule has 0 spiro atoms. The normalized spacial score (nSPS) is 19.1. The summed E-state index contributed by atoms with van der Waals surface area (Å²) in [6.45, 7) is 5.63. The molecule has 0 amide bonds. The minimum absolute atomic E-state index is 0.102. The number of aromatic nitrogens is 3. The van der Waals surface area contributed by atoms with E-state index in [9.17, 15) is 4.79 Å². The van der Waals surface area contributed by atoms with E-state index in [0.717, 1.165) is 61.7 Å². The molecule has 32 heavy (non-hydrogen) atoms. The quantitative estimate of drug-likeness (QED) is 0.641. The largest absolute Gasteiger partial charge is 0.454 e. The van der Waals surface area contributed by atoms with Crippen molar-refractivity contribution in [2.45, 2.75) is 32.1 Å². The summed E-state index contributed by atoms with van der Waals surface area (Å²) in [6.07, 6.45) is 6.59. The van der Waals surface area contributed by atoms with E-state index < -0.39 is 0 Å². The van der Waals surface area contributed by atoms with Gasteiger partial charge in [-0.2, -0.15) is 0 Å². The Balaban J connectivity index is 1.24. The fourth-order valence-corrected chi connectivity index (χ4v) is 4.77. The Morgan fingerprint density at radius 2 is 2.00 bits per heavy atom. The third-order valence-corrected chi connectivity index (χ3v) is 6.23. The molecule has 1 fully saturated rings. The van der Waals surface area contributed by atoms with Crippen LogP contribution in [-0.2, 0) is 6.42 Å². The molecule has 1 N–H and O–H groups in total. The van der Waals surface area contributed by atoms with Gasteiger partial charge in [0.05, 0.1) is 5.69 Å². The molecule has 0 aliphatic carbocycles. The van der Waals surface area contributed by atoms with Gasteiger partial charge in [-0.25, -0.2) is 4.98 Å². The first-order chi connectivity index (χ1) is 15.6. The van der Waals surface area contributed by atoms with Crippen molar-refractivity contribution in [3.8, 4) is 22.9 Å². The number of nitrogens with zero attached hydrogens (tertiary/aromatic N) is 3. The van der Waals surface area contributed by atoms with Crippen LogP contribution < -0.4 is 15.0 Å². The first-order valence-electron chi connectivity index (χ1n) is 11.3. The summed E-state index contributed by atoms with van der Waals surface area (Å²) in [5.41, 5.74) is 2.93. The third-order valence-electron chi connectivity index (χ3n) is 6.23. The molecule has 2 aliphatic heterocycles. The van der Waals surface area contributed by atoms with Crippen LogP contribution in [0.4, 0.5) is 0 Å². The van der Waals surface area contributed by atoms with E-state index >= 15 is 0 Å². The summed E-state index contributed by atoms with van der Waals surface area (Å²) < 4.78 is 10.9. The molecule has 166 valence electrons. The number of hydrogen-bond donors (Lipinski definition) is 1. The highest BCUT2D eigenvalue weighted by Crippen LogP contribution is 2.33. The molecule has 2 unspecified atom stereocenters. The highest BCUT2D eigenvalue weighted by molar-refractivity contribution is 5.53.